The largest absolute Gasteiger partial charge is 0.480 e. The van der Waals surface area contributed by atoms with E-state index >= 15 is 0 Å². The van der Waals surface area contributed by atoms with Gasteiger partial charge in [0.15, 0.2) is 0 Å². The number of aliphatic carboxylic acids is 1. The molecule has 1 atom stereocenters. The minimum absolute atomic E-state index is 0.0611. The number of hydrogen-bond acceptors (Lipinski definition) is 5. The summed E-state index contributed by atoms with van der Waals surface area (Å²) in [6.07, 6.45) is 1.01. The van der Waals surface area contributed by atoms with Crippen molar-refractivity contribution in [1.82, 2.24) is 5.32 Å². The van der Waals surface area contributed by atoms with Gasteiger partial charge in [0, 0.05) is 11.9 Å². The highest BCUT2D eigenvalue weighted by Crippen LogP contribution is 2.10. The molecule has 0 bridgehead atoms. The zero-order chi connectivity index (χ0) is 16.7. The lowest BCUT2D eigenvalue weighted by Gasteiger charge is -2.07. The number of rotatable bonds is 6. The number of carbonyl (C=O) groups is 3. The van der Waals surface area contributed by atoms with Gasteiger partial charge in [-0.2, -0.15) is 5.26 Å². The van der Waals surface area contributed by atoms with Crippen LogP contribution in [-0.4, -0.2) is 34.1 Å². The van der Waals surface area contributed by atoms with Crippen LogP contribution in [0.25, 0.3) is 0 Å². The lowest BCUT2D eigenvalue weighted by molar-refractivity contribution is -0.138. The molecule has 0 saturated carbocycles. The quantitative estimate of drug-likeness (QED) is 0.450. The first-order chi connectivity index (χ1) is 10.3. The summed E-state index contributed by atoms with van der Waals surface area (Å²) in [6, 6.07) is 6.06. The Balaban J connectivity index is 2.77. The summed E-state index contributed by atoms with van der Waals surface area (Å²) in [5.74, 6) is -2.96. The molecule has 1 amide bonds. The van der Waals surface area contributed by atoms with Crippen molar-refractivity contribution in [1.29, 1.82) is 5.26 Å². The lowest BCUT2D eigenvalue weighted by Crippen LogP contribution is -2.30. The van der Waals surface area contributed by atoms with E-state index in [-0.39, 0.29) is 11.1 Å². The van der Waals surface area contributed by atoms with Crippen LogP contribution >= 0.6 is 0 Å². The molecule has 0 saturated heterocycles. The van der Waals surface area contributed by atoms with Crippen molar-refractivity contribution in [3.63, 3.8) is 0 Å². The topological polar surface area (TPSA) is 140 Å². The van der Waals surface area contributed by atoms with Gasteiger partial charge in [-0.25, -0.2) is 4.79 Å². The van der Waals surface area contributed by atoms with Gasteiger partial charge in [-0.15, -0.1) is 0 Å². The minimum atomic E-state index is -1.13. The molecule has 1 aromatic rings. The summed E-state index contributed by atoms with van der Waals surface area (Å²) in [4.78, 5) is 33.2. The van der Waals surface area contributed by atoms with Crippen molar-refractivity contribution in [3.05, 3.63) is 41.6 Å². The second-order valence-corrected chi connectivity index (χ2v) is 4.23. The SMILES string of the molecule is CC(N/C=C(/C#N)C(=O)Nc1ccc(C(=O)O)cc1)C(=O)O. The molecule has 0 heterocycles. The smallest absolute Gasteiger partial charge is 0.335 e. The predicted molar refractivity (Wildman–Crippen MR) is 76.0 cm³/mol. The van der Waals surface area contributed by atoms with Crippen molar-refractivity contribution in [3.8, 4) is 6.07 Å². The summed E-state index contributed by atoms with van der Waals surface area (Å²) < 4.78 is 0. The molecule has 0 aliphatic heterocycles. The Hall–Kier alpha value is -3.34. The summed E-state index contributed by atoms with van der Waals surface area (Å²) in [7, 11) is 0. The Bertz CT molecular complexity index is 658. The van der Waals surface area contributed by atoms with E-state index in [0.29, 0.717) is 5.69 Å². The van der Waals surface area contributed by atoms with Gasteiger partial charge in [-0.1, -0.05) is 0 Å². The third kappa shape index (κ3) is 4.64. The number of hydrogen-bond donors (Lipinski definition) is 4. The van der Waals surface area contributed by atoms with Crippen LogP contribution in [-0.2, 0) is 9.59 Å². The summed E-state index contributed by atoms with van der Waals surface area (Å²) in [6.45, 7) is 1.36. The van der Waals surface area contributed by atoms with E-state index in [0.717, 1.165) is 6.20 Å². The van der Waals surface area contributed by atoms with E-state index in [4.69, 9.17) is 15.5 Å². The van der Waals surface area contributed by atoms with Gasteiger partial charge < -0.3 is 20.8 Å². The molecule has 0 aliphatic rings. The predicted octanol–water partition coefficient (Wildman–Crippen LogP) is 0.793. The average molecular weight is 303 g/mol. The molecule has 0 aliphatic carbocycles. The first-order valence-electron chi connectivity index (χ1n) is 6.09. The zero-order valence-electron chi connectivity index (χ0n) is 11.5. The number of benzene rings is 1. The van der Waals surface area contributed by atoms with Crippen LogP contribution in [0.15, 0.2) is 36.0 Å². The van der Waals surface area contributed by atoms with Crippen molar-refractivity contribution >= 4 is 23.5 Å². The molecule has 0 spiro atoms. The second kappa shape index (κ2) is 7.44. The maximum absolute atomic E-state index is 11.8. The maximum atomic E-state index is 11.8. The number of nitriles is 1. The first kappa shape index (κ1) is 16.7. The van der Waals surface area contributed by atoms with E-state index < -0.39 is 23.9 Å². The second-order valence-electron chi connectivity index (χ2n) is 4.23. The normalized spacial score (nSPS) is 11.9. The fourth-order valence-electron chi connectivity index (χ4n) is 1.32. The molecule has 1 aromatic carbocycles. The average Bonchev–Trinajstić information content (AvgIpc) is 2.48. The number of carboxylic acids is 2. The molecular weight excluding hydrogens is 290 g/mol. The van der Waals surface area contributed by atoms with Crippen LogP contribution in [0.1, 0.15) is 17.3 Å². The van der Waals surface area contributed by atoms with Gasteiger partial charge >= 0.3 is 11.9 Å². The van der Waals surface area contributed by atoms with Gasteiger partial charge in [0.05, 0.1) is 5.56 Å². The molecule has 0 radical (unpaired) electrons. The highest BCUT2D eigenvalue weighted by Gasteiger charge is 2.12. The van der Waals surface area contributed by atoms with E-state index in [1.807, 2.05) is 0 Å². The molecule has 1 rings (SSSR count). The first-order valence-corrected chi connectivity index (χ1v) is 6.09. The van der Waals surface area contributed by atoms with Crippen LogP contribution in [0.5, 0.6) is 0 Å². The number of carboxylic acid groups (broad SMARTS) is 2. The van der Waals surface area contributed by atoms with Crippen molar-refractivity contribution in [2.45, 2.75) is 13.0 Å². The van der Waals surface area contributed by atoms with Crippen LogP contribution in [0.4, 0.5) is 5.69 Å². The van der Waals surface area contributed by atoms with Gasteiger partial charge in [0.1, 0.15) is 17.7 Å². The van der Waals surface area contributed by atoms with Crippen LogP contribution in [0.2, 0.25) is 0 Å². The lowest BCUT2D eigenvalue weighted by atomic mass is 10.2. The van der Waals surface area contributed by atoms with E-state index in [1.165, 1.54) is 31.2 Å². The Labute approximate surface area is 125 Å². The summed E-state index contributed by atoms with van der Waals surface area (Å²) in [5.41, 5.74) is 0.0591. The maximum Gasteiger partial charge on any atom is 0.335 e. The highest BCUT2D eigenvalue weighted by atomic mass is 16.4. The number of carbonyl (C=O) groups excluding carboxylic acids is 1. The molecule has 1 unspecified atom stereocenters. The number of nitrogens with zero attached hydrogens (tertiary/aromatic N) is 1. The third-order valence-corrected chi connectivity index (χ3v) is 2.60. The van der Waals surface area contributed by atoms with E-state index in [9.17, 15) is 14.4 Å². The van der Waals surface area contributed by atoms with Gasteiger partial charge in [0.2, 0.25) is 0 Å². The number of nitrogens with one attached hydrogen (secondary N) is 2. The third-order valence-electron chi connectivity index (χ3n) is 2.60. The Morgan fingerprint density at radius 1 is 1.23 bits per heavy atom. The Morgan fingerprint density at radius 2 is 1.82 bits per heavy atom. The molecule has 8 heteroatoms. The van der Waals surface area contributed by atoms with Crippen LogP contribution < -0.4 is 10.6 Å². The minimum Gasteiger partial charge on any atom is -0.480 e. The van der Waals surface area contributed by atoms with E-state index in [2.05, 4.69) is 10.6 Å². The Morgan fingerprint density at radius 3 is 2.27 bits per heavy atom. The van der Waals surface area contributed by atoms with Crippen molar-refractivity contribution in [2.24, 2.45) is 0 Å². The number of aromatic carboxylic acids is 1. The van der Waals surface area contributed by atoms with Crippen molar-refractivity contribution < 1.29 is 24.6 Å². The fraction of sp³-hybridized carbons (Fsp3) is 0.143. The summed E-state index contributed by atoms with van der Waals surface area (Å²) >= 11 is 0. The number of amides is 1. The molecule has 0 fully saturated rings. The van der Waals surface area contributed by atoms with Crippen LogP contribution in [0, 0.1) is 11.3 Å². The standard InChI is InChI=1S/C14H13N3O5/c1-8(13(19)20)16-7-10(6-15)12(18)17-11-4-2-9(3-5-11)14(21)22/h2-5,7-8,16H,1H3,(H,17,18)(H,19,20)(H,21,22)/b10-7-. The van der Waals surface area contributed by atoms with Crippen molar-refractivity contribution in [2.75, 3.05) is 5.32 Å². The molecule has 8 nitrogen and oxygen atoms in total. The van der Waals surface area contributed by atoms with Gasteiger partial charge in [0.25, 0.3) is 5.91 Å². The zero-order valence-corrected chi connectivity index (χ0v) is 11.5. The molecule has 114 valence electrons. The van der Waals surface area contributed by atoms with Gasteiger partial charge in [-0.3, -0.25) is 9.59 Å². The van der Waals surface area contributed by atoms with Crippen LogP contribution in [0.3, 0.4) is 0 Å². The molecular formula is C14H13N3O5. The summed E-state index contributed by atoms with van der Waals surface area (Å²) in [5, 5.41) is 31.1. The monoisotopic (exact) mass is 303 g/mol. The Kier molecular flexibility index (Phi) is 5.66. The van der Waals surface area contributed by atoms with E-state index in [1.54, 1.807) is 6.07 Å². The van der Waals surface area contributed by atoms with Gasteiger partial charge in [-0.05, 0) is 31.2 Å². The highest BCUT2D eigenvalue weighted by molar-refractivity contribution is 6.06. The molecule has 4 N–H and O–H groups in total. The molecule has 0 aromatic heterocycles. The number of anilines is 1. The molecule has 22 heavy (non-hydrogen) atoms. The fourth-order valence-corrected chi connectivity index (χ4v) is 1.32.